The number of carbonyl (C=O) groups excluding carboxylic acids is 1. The molecule has 2 aromatic carbocycles. The number of halogens is 1. The Labute approximate surface area is 238 Å². The van der Waals surface area contributed by atoms with Gasteiger partial charge < -0.3 is 15.5 Å². The van der Waals surface area contributed by atoms with E-state index in [0.717, 1.165) is 62.8 Å². The van der Waals surface area contributed by atoms with E-state index in [-0.39, 0.29) is 18.5 Å². The molecule has 6 rings (SSSR count). The van der Waals surface area contributed by atoms with Crippen molar-refractivity contribution < 1.29 is 4.79 Å². The molecule has 2 aliphatic rings. The van der Waals surface area contributed by atoms with Crippen LogP contribution in [0.15, 0.2) is 49.2 Å². The minimum Gasteiger partial charge on any atom is -0.369 e. The number of nitrogens with two attached hydrogens (primary N) is 1. The van der Waals surface area contributed by atoms with Gasteiger partial charge in [-0.2, -0.15) is 5.10 Å². The molecule has 0 aliphatic carbocycles. The summed E-state index contributed by atoms with van der Waals surface area (Å²) in [5, 5.41) is 9.09. The molecule has 1 amide bonds. The third-order valence-corrected chi connectivity index (χ3v) is 8.31. The molecule has 3 N–H and O–H groups in total. The Bertz CT molecular complexity index is 1620. The number of aromatic amines is 1. The third-order valence-electron chi connectivity index (χ3n) is 8.07. The number of aromatic nitrogens is 4. The molecule has 40 heavy (non-hydrogen) atoms. The Balaban J connectivity index is 1.46. The second kappa shape index (κ2) is 10.6. The number of anilines is 2. The highest BCUT2D eigenvalue weighted by molar-refractivity contribution is 6.30. The zero-order valence-electron chi connectivity index (χ0n) is 22.8. The zero-order chi connectivity index (χ0) is 28.0. The fourth-order valence-electron chi connectivity index (χ4n) is 5.98. The van der Waals surface area contributed by atoms with Gasteiger partial charge in [-0.05, 0) is 43.2 Å². The van der Waals surface area contributed by atoms with E-state index in [2.05, 4.69) is 57.5 Å². The minimum atomic E-state index is -0.335. The second-order valence-electron chi connectivity index (χ2n) is 10.7. The molecule has 9 nitrogen and oxygen atoms in total. The van der Waals surface area contributed by atoms with E-state index in [9.17, 15) is 4.79 Å². The highest BCUT2D eigenvalue weighted by atomic mass is 35.5. The minimum absolute atomic E-state index is 0.0239. The zero-order valence-corrected chi connectivity index (χ0v) is 23.6. The largest absolute Gasteiger partial charge is 0.369 e. The van der Waals surface area contributed by atoms with Crippen molar-refractivity contribution in [2.24, 2.45) is 5.73 Å². The van der Waals surface area contributed by atoms with Crippen LogP contribution in [0.1, 0.15) is 22.4 Å². The van der Waals surface area contributed by atoms with Crippen LogP contribution in [0, 0.1) is 13.8 Å². The highest BCUT2D eigenvalue weighted by Crippen LogP contribution is 2.36. The van der Waals surface area contributed by atoms with Gasteiger partial charge in [0.1, 0.15) is 5.82 Å². The summed E-state index contributed by atoms with van der Waals surface area (Å²) < 4.78 is 0. The number of nitrogens with one attached hydrogen (secondary N) is 1. The summed E-state index contributed by atoms with van der Waals surface area (Å²) in [6.45, 7) is 12.0. The highest BCUT2D eigenvalue weighted by Gasteiger charge is 2.32. The van der Waals surface area contributed by atoms with Crippen molar-refractivity contribution in [1.29, 1.82) is 0 Å². The van der Waals surface area contributed by atoms with Gasteiger partial charge in [0, 0.05) is 72.4 Å². The number of piperazine rings is 1. The van der Waals surface area contributed by atoms with Gasteiger partial charge >= 0.3 is 0 Å². The van der Waals surface area contributed by atoms with Crippen molar-refractivity contribution in [3.8, 4) is 11.4 Å². The normalized spacial score (nSPS) is 17.7. The van der Waals surface area contributed by atoms with Gasteiger partial charge in [-0.3, -0.25) is 14.8 Å². The van der Waals surface area contributed by atoms with Crippen molar-refractivity contribution in [2.75, 3.05) is 42.5 Å². The molecule has 0 saturated carbocycles. The van der Waals surface area contributed by atoms with Crippen molar-refractivity contribution in [2.45, 2.75) is 32.9 Å². The first kappa shape index (κ1) is 26.3. The van der Waals surface area contributed by atoms with Gasteiger partial charge in [-0.15, -0.1) is 6.58 Å². The Morgan fingerprint density at radius 1 is 1.15 bits per heavy atom. The first-order chi connectivity index (χ1) is 19.3. The summed E-state index contributed by atoms with van der Waals surface area (Å²) >= 11 is 6.40. The summed E-state index contributed by atoms with van der Waals surface area (Å²) in [6.07, 6.45) is 4.53. The lowest BCUT2D eigenvalue weighted by molar-refractivity contribution is -0.119. The van der Waals surface area contributed by atoms with Crippen molar-refractivity contribution >= 4 is 39.9 Å². The fraction of sp³-hybridized carbons (Fsp3) is 0.333. The maximum absolute atomic E-state index is 11.7. The number of primary amides is 1. The van der Waals surface area contributed by atoms with E-state index in [4.69, 9.17) is 27.3 Å². The van der Waals surface area contributed by atoms with E-state index in [1.54, 1.807) is 0 Å². The Kier molecular flexibility index (Phi) is 6.93. The van der Waals surface area contributed by atoms with Gasteiger partial charge in [-0.1, -0.05) is 29.8 Å². The lowest BCUT2D eigenvalue weighted by Gasteiger charge is -2.42. The summed E-state index contributed by atoms with van der Waals surface area (Å²) in [6, 6.07) is 10.1. The number of hydrogen-bond acceptors (Lipinski definition) is 7. The molecule has 4 heterocycles. The van der Waals surface area contributed by atoms with Crippen LogP contribution in [-0.2, 0) is 17.8 Å². The number of benzene rings is 2. The maximum Gasteiger partial charge on any atom is 0.231 e. The summed E-state index contributed by atoms with van der Waals surface area (Å²) in [5.41, 5.74) is 13.1. The average Bonchev–Trinajstić information content (AvgIpc) is 3.42. The molecule has 1 saturated heterocycles. The molecular weight excluding hydrogens is 524 g/mol. The number of nitrogens with zero attached hydrogens (tertiary/aromatic N) is 6. The molecule has 10 heteroatoms. The monoisotopic (exact) mass is 556 g/mol. The van der Waals surface area contributed by atoms with Gasteiger partial charge in [-0.25, -0.2) is 9.97 Å². The molecule has 0 radical (unpaired) electrons. The molecule has 0 spiro atoms. The molecule has 0 bridgehead atoms. The number of hydrogen-bond donors (Lipinski definition) is 2. The summed E-state index contributed by atoms with van der Waals surface area (Å²) in [4.78, 5) is 28.9. The number of aryl methyl sites for hydroxylation is 2. The van der Waals surface area contributed by atoms with Crippen LogP contribution in [-0.4, -0.2) is 69.7 Å². The lowest BCUT2D eigenvalue weighted by Crippen LogP contribution is -2.55. The van der Waals surface area contributed by atoms with Crippen molar-refractivity contribution in [3.63, 3.8) is 0 Å². The SMILES string of the molecule is C=C[C@@H]1CN(c2nc(-c3c(C)ccc4[nH]ncc34)nc3c2CN(c2cc(Cl)ccc2C)CC3)CCN1CC(N)=O. The van der Waals surface area contributed by atoms with Crippen LogP contribution in [0.25, 0.3) is 22.3 Å². The van der Waals surface area contributed by atoms with Gasteiger partial charge in [0.25, 0.3) is 0 Å². The summed E-state index contributed by atoms with van der Waals surface area (Å²) in [5.74, 6) is 1.30. The van der Waals surface area contributed by atoms with Gasteiger partial charge in [0.15, 0.2) is 5.82 Å². The quantitative estimate of drug-likeness (QED) is 0.345. The van der Waals surface area contributed by atoms with E-state index in [0.29, 0.717) is 32.0 Å². The summed E-state index contributed by atoms with van der Waals surface area (Å²) in [7, 11) is 0. The predicted molar refractivity (Wildman–Crippen MR) is 160 cm³/mol. The van der Waals surface area contributed by atoms with Crippen molar-refractivity contribution in [1.82, 2.24) is 25.1 Å². The number of carbonyl (C=O) groups is 1. The molecular formula is C30H33ClN8O. The molecule has 206 valence electrons. The second-order valence-corrected chi connectivity index (χ2v) is 11.1. The standard InChI is InChI=1S/C30H33ClN8O/c1-4-21-15-39(12-11-37(21)17-27(32)40)30-23-16-38(26-13-20(31)7-5-18(26)2)10-9-24(23)34-29(35-30)28-19(3)6-8-25-22(28)14-33-36-25/h4-8,13-14,21H,1,9-12,15-17H2,2-3H3,(H2,32,40)(H,33,36)/t21-/m1/s1. The molecule has 0 unspecified atom stereocenters. The van der Waals surface area contributed by atoms with E-state index >= 15 is 0 Å². The van der Waals surface area contributed by atoms with Crippen LogP contribution in [0.2, 0.25) is 5.02 Å². The average molecular weight is 557 g/mol. The predicted octanol–water partition coefficient (Wildman–Crippen LogP) is 4.01. The van der Waals surface area contributed by atoms with Crippen LogP contribution in [0.3, 0.4) is 0 Å². The first-order valence-electron chi connectivity index (χ1n) is 13.6. The number of fused-ring (bicyclic) bond motifs is 2. The first-order valence-corrected chi connectivity index (χ1v) is 13.9. The van der Waals surface area contributed by atoms with Crippen LogP contribution in [0.5, 0.6) is 0 Å². The van der Waals surface area contributed by atoms with E-state index in [1.165, 1.54) is 5.56 Å². The molecule has 2 aliphatic heterocycles. The Morgan fingerprint density at radius 2 is 1.98 bits per heavy atom. The molecule has 1 fully saturated rings. The number of H-pyrrole nitrogens is 1. The molecule has 4 aromatic rings. The van der Waals surface area contributed by atoms with E-state index < -0.39 is 0 Å². The van der Waals surface area contributed by atoms with Crippen LogP contribution < -0.4 is 15.5 Å². The molecule has 1 atom stereocenters. The van der Waals surface area contributed by atoms with Gasteiger partial charge in [0.2, 0.25) is 5.91 Å². The smallest absolute Gasteiger partial charge is 0.231 e. The van der Waals surface area contributed by atoms with Crippen molar-refractivity contribution in [3.05, 3.63) is 76.6 Å². The van der Waals surface area contributed by atoms with Crippen LogP contribution >= 0.6 is 11.6 Å². The Hall–Kier alpha value is -3.95. The number of rotatable bonds is 6. The maximum atomic E-state index is 11.7. The third kappa shape index (κ3) is 4.80. The lowest BCUT2D eigenvalue weighted by atomic mass is 10.00. The van der Waals surface area contributed by atoms with Crippen LogP contribution in [0.4, 0.5) is 11.5 Å². The Morgan fingerprint density at radius 3 is 2.77 bits per heavy atom. The fourth-order valence-corrected chi connectivity index (χ4v) is 6.15. The van der Waals surface area contributed by atoms with Gasteiger partial charge in [0.05, 0.1) is 24.0 Å². The van der Waals surface area contributed by atoms with E-state index in [1.807, 2.05) is 30.5 Å². The topological polar surface area (TPSA) is 107 Å². The molecule has 2 aromatic heterocycles. The number of amides is 1.